The van der Waals surface area contributed by atoms with Crippen LogP contribution in [0.1, 0.15) is 33.6 Å². The van der Waals surface area contributed by atoms with Crippen LogP contribution in [-0.2, 0) is 9.59 Å². The number of nitrogens with zero attached hydrogens (tertiary/aromatic N) is 4. The Bertz CT molecular complexity index is 795. The zero-order chi connectivity index (χ0) is 22.1. The number of carbonyl (C=O) groups is 3. The Morgan fingerprint density at radius 3 is 2.23 bits per heavy atom. The van der Waals surface area contributed by atoms with Crippen LogP contribution in [0.15, 0.2) is 30.3 Å². The number of anilines is 1. The van der Waals surface area contributed by atoms with Gasteiger partial charge in [0.05, 0.1) is 6.67 Å². The second-order valence-electron chi connectivity index (χ2n) is 9.40. The van der Waals surface area contributed by atoms with E-state index in [1.807, 2.05) is 51.1 Å². The molecular weight excluding hydrogens is 382 g/mol. The molecule has 2 heterocycles. The highest BCUT2D eigenvalue weighted by Gasteiger charge is 2.54. The molecule has 0 aromatic heterocycles. The van der Waals surface area contributed by atoms with Crippen molar-refractivity contribution in [3.05, 3.63) is 30.3 Å². The fourth-order valence-corrected chi connectivity index (χ4v) is 4.11. The van der Waals surface area contributed by atoms with Crippen molar-refractivity contribution in [2.45, 2.75) is 44.7 Å². The molecule has 1 aromatic rings. The largest absolute Gasteiger partial charge is 0.347 e. The molecule has 1 aromatic carbocycles. The molecule has 0 radical (unpaired) electrons. The molecule has 0 unspecified atom stereocenters. The fourth-order valence-electron chi connectivity index (χ4n) is 4.11. The summed E-state index contributed by atoms with van der Waals surface area (Å²) >= 11 is 0. The van der Waals surface area contributed by atoms with Crippen LogP contribution in [0.2, 0.25) is 0 Å². The Morgan fingerprint density at radius 2 is 1.70 bits per heavy atom. The number of likely N-dealkylation sites (tertiary alicyclic amines) is 1. The summed E-state index contributed by atoms with van der Waals surface area (Å²) in [5.41, 5.74) is -0.0837. The molecule has 2 aliphatic heterocycles. The van der Waals surface area contributed by atoms with E-state index in [9.17, 15) is 14.4 Å². The molecule has 8 heteroatoms. The van der Waals surface area contributed by atoms with Crippen LogP contribution in [0.5, 0.6) is 0 Å². The lowest BCUT2D eigenvalue weighted by molar-refractivity contribution is -0.139. The van der Waals surface area contributed by atoms with Crippen molar-refractivity contribution >= 4 is 23.5 Å². The number of piperidine rings is 1. The molecule has 164 valence electrons. The monoisotopic (exact) mass is 415 g/mol. The summed E-state index contributed by atoms with van der Waals surface area (Å²) in [4.78, 5) is 45.4. The zero-order valence-electron chi connectivity index (χ0n) is 18.6. The van der Waals surface area contributed by atoms with Crippen LogP contribution < -0.4 is 10.2 Å². The predicted molar refractivity (Wildman–Crippen MR) is 116 cm³/mol. The molecule has 1 spiro atoms. The normalized spacial score (nSPS) is 18.7. The Balaban J connectivity index is 1.82. The van der Waals surface area contributed by atoms with Gasteiger partial charge in [0.25, 0.3) is 5.91 Å². The van der Waals surface area contributed by atoms with Crippen LogP contribution in [0.25, 0.3) is 0 Å². The highest BCUT2D eigenvalue weighted by molar-refractivity contribution is 5.96. The van der Waals surface area contributed by atoms with E-state index in [4.69, 9.17) is 0 Å². The van der Waals surface area contributed by atoms with Crippen LogP contribution >= 0.6 is 0 Å². The topological polar surface area (TPSA) is 76.2 Å². The molecule has 30 heavy (non-hydrogen) atoms. The second kappa shape index (κ2) is 8.16. The van der Waals surface area contributed by atoms with E-state index in [0.29, 0.717) is 32.6 Å². The molecule has 4 amide bonds. The summed E-state index contributed by atoms with van der Waals surface area (Å²) in [7, 11) is 3.39. The lowest BCUT2D eigenvalue weighted by Crippen LogP contribution is -2.59. The van der Waals surface area contributed by atoms with Gasteiger partial charge in [0.15, 0.2) is 0 Å². The molecule has 2 aliphatic rings. The van der Waals surface area contributed by atoms with Gasteiger partial charge in [0.1, 0.15) is 12.1 Å². The van der Waals surface area contributed by atoms with Crippen LogP contribution in [-0.4, -0.2) is 84.0 Å². The van der Waals surface area contributed by atoms with Gasteiger partial charge in [0, 0.05) is 38.4 Å². The lowest BCUT2D eigenvalue weighted by atomic mass is 9.85. The smallest absolute Gasteiger partial charge is 0.317 e. The summed E-state index contributed by atoms with van der Waals surface area (Å²) in [6, 6.07) is 9.73. The predicted octanol–water partition coefficient (Wildman–Crippen LogP) is 1.72. The SMILES string of the molecule is CN(C)C(=O)CN1CN(c2ccccc2)C2(CCN(C(=O)NC(C)(C)C)CC2)C1=O. The third kappa shape index (κ3) is 4.37. The Morgan fingerprint density at radius 1 is 1.10 bits per heavy atom. The van der Waals surface area contributed by atoms with Gasteiger partial charge in [-0.15, -0.1) is 0 Å². The van der Waals surface area contributed by atoms with Crippen molar-refractivity contribution < 1.29 is 14.4 Å². The first-order chi connectivity index (χ1) is 14.0. The van der Waals surface area contributed by atoms with E-state index in [-0.39, 0.29) is 29.9 Å². The highest BCUT2D eigenvalue weighted by atomic mass is 16.2. The van der Waals surface area contributed by atoms with E-state index in [1.165, 1.54) is 4.90 Å². The summed E-state index contributed by atoms with van der Waals surface area (Å²) in [6.07, 6.45) is 1.07. The number of hydrogen-bond donors (Lipinski definition) is 1. The lowest BCUT2D eigenvalue weighted by Gasteiger charge is -2.43. The summed E-state index contributed by atoms with van der Waals surface area (Å²) in [5.74, 6) is -0.132. The second-order valence-corrected chi connectivity index (χ2v) is 9.40. The zero-order valence-corrected chi connectivity index (χ0v) is 18.6. The van der Waals surface area contributed by atoms with E-state index >= 15 is 0 Å². The average Bonchev–Trinajstić information content (AvgIpc) is 2.94. The molecule has 0 bridgehead atoms. The van der Waals surface area contributed by atoms with Gasteiger partial charge in [-0.2, -0.15) is 0 Å². The van der Waals surface area contributed by atoms with Crippen LogP contribution in [0, 0.1) is 0 Å². The quantitative estimate of drug-likeness (QED) is 0.816. The van der Waals surface area contributed by atoms with E-state index < -0.39 is 5.54 Å². The minimum Gasteiger partial charge on any atom is -0.347 e. The van der Waals surface area contributed by atoms with Gasteiger partial charge in [-0.25, -0.2) is 4.79 Å². The number of amides is 4. The molecule has 1 N–H and O–H groups in total. The van der Waals surface area contributed by atoms with Gasteiger partial charge in [-0.3, -0.25) is 9.59 Å². The van der Waals surface area contributed by atoms with Gasteiger partial charge in [-0.05, 0) is 45.7 Å². The number of rotatable bonds is 3. The summed E-state index contributed by atoms with van der Waals surface area (Å²) < 4.78 is 0. The molecule has 8 nitrogen and oxygen atoms in total. The van der Waals surface area contributed by atoms with Gasteiger partial charge in [0.2, 0.25) is 5.91 Å². The number of hydrogen-bond acceptors (Lipinski definition) is 4. The maximum absolute atomic E-state index is 13.5. The number of para-hydroxylation sites is 1. The Hall–Kier alpha value is -2.77. The Kier molecular flexibility index (Phi) is 5.97. The van der Waals surface area contributed by atoms with E-state index in [1.54, 1.807) is 23.9 Å². The summed E-state index contributed by atoms with van der Waals surface area (Å²) in [5, 5.41) is 3.00. The van der Waals surface area contributed by atoms with Crippen LogP contribution in [0.4, 0.5) is 10.5 Å². The number of carbonyl (C=O) groups excluding carboxylic acids is 3. The van der Waals surface area contributed by atoms with Crippen molar-refractivity contribution in [3.63, 3.8) is 0 Å². The van der Waals surface area contributed by atoms with Crippen LogP contribution in [0.3, 0.4) is 0 Å². The van der Waals surface area contributed by atoms with Crippen molar-refractivity contribution in [2.75, 3.05) is 45.3 Å². The van der Waals surface area contributed by atoms with Crippen molar-refractivity contribution in [2.24, 2.45) is 0 Å². The first kappa shape index (κ1) is 21.9. The van der Waals surface area contributed by atoms with Gasteiger partial charge < -0.3 is 24.9 Å². The molecule has 0 aliphatic carbocycles. The van der Waals surface area contributed by atoms with Crippen molar-refractivity contribution in [1.82, 2.24) is 20.0 Å². The molecule has 3 rings (SSSR count). The fraction of sp³-hybridized carbons (Fsp3) is 0.591. The maximum atomic E-state index is 13.5. The molecule has 2 saturated heterocycles. The molecule has 0 saturated carbocycles. The van der Waals surface area contributed by atoms with Gasteiger partial charge >= 0.3 is 6.03 Å². The third-order valence-corrected chi connectivity index (χ3v) is 5.77. The minimum absolute atomic E-state index is 0.0302. The summed E-state index contributed by atoms with van der Waals surface area (Å²) in [6.45, 7) is 7.27. The third-order valence-electron chi connectivity index (χ3n) is 5.77. The Labute approximate surface area is 178 Å². The first-order valence-electron chi connectivity index (χ1n) is 10.4. The van der Waals surface area contributed by atoms with Crippen molar-refractivity contribution in [1.29, 1.82) is 0 Å². The number of nitrogens with one attached hydrogen (secondary N) is 1. The number of likely N-dealkylation sites (N-methyl/N-ethyl adjacent to an activating group) is 1. The standard InChI is InChI=1S/C22H33N5O3/c1-21(2,3)23-20(30)25-13-11-22(12-14-25)19(29)26(15-18(28)24(4)5)16-27(22)17-9-7-6-8-10-17/h6-10H,11-16H2,1-5H3,(H,23,30). The molecular formula is C22H33N5O3. The minimum atomic E-state index is -0.730. The van der Waals surface area contributed by atoms with E-state index in [0.717, 1.165) is 5.69 Å². The van der Waals surface area contributed by atoms with Crippen molar-refractivity contribution in [3.8, 4) is 0 Å². The maximum Gasteiger partial charge on any atom is 0.317 e. The molecule has 0 atom stereocenters. The number of urea groups is 1. The first-order valence-corrected chi connectivity index (χ1v) is 10.4. The number of benzene rings is 1. The van der Waals surface area contributed by atoms with Gasteiger partial charge in [-0.1, -0.05) is 18.2 Å². The average molecular weight is 416 g/mol. The molecule has 2 fully saturated rings. The van der Waals surface area contributed by atoms with E-state index in [2.05, 4.69) is 10.2 Å². The highest BCUT2D eigenvalue weighted by Crippen LogP contribution is 2.39.